The van der Waals surface area contributed by atoms with Crippen molar-refractivity contribution in [3.8, 4) is 0 Å². The van der Waals surface area contributed by atoms with Gasteiger partial charge in [0.05, 0.1) is 0 Å². The first kappa shape index (κ1) is 15.8. The van der Waals surface area contributed by atoms with Crippen molar-refractivity contribution in [3.63, 3.8) is 0 Å². The Morgan fingerprint density at radius 3 is 2.95 bits per heavy atom. The number of carbonyl (C=O) groups is 1. The van der Waals surface area contributed by atoms with Crippen molar-refractivity contribution >= 4 is 23.5 Å². The molecule has 0 saturated carbocycles. The number of hydrogen-bond donors (Lipinski definition) is 1. The zero-order valence-corrected chi connectivity index (χ0v) is 13.4. The maximum Gasteiger partial charge on any atom is 0.410 e. The van der Waals surface area contributed by atoms with Crippen LogP contribution in [0.4, 0.5) is 10.6 Å². The summed E-state index contributed by atoms with van der Waals surface area (Å²) in [5, 5.41) is 3.63. The molecule has 1 aromatic heterocycles. The van der Waals surface area contributed by atoms with E-state index in [-0.39, 0.29) is 6.09 Å². The molecule has 1 aromatic rings. The number of hydrogen-bond acceptors (Lipinski definition) is 5. The summed E-state index contributed by atoms with van der Waals surface area (Å²) in [6.45, 7) is 7.79. The topological polar surface area (TPSA) is 67.3 Å². The van der Waals surface area contributed by atoms with Gasteiger partial charge in [0.25, 0.3) is 0 Å². The van der Waals surface area contributed by atoms with Gasteiger partial charge in [-0.25, -0.2) is 14.8 Å². The van der Waals surface area contributed by atoms with E-state index < -0.39 is 5.60 Å². The average molecular weight is 313 g/mol. The molecule has 2 heterocycles. The summed E-state index contributed by atoms with van der Waals surface area (Å²) in [5.41, 5.74) is -0.453. The molecule has 6 nitrogen and oxygen atoms in total. The van der Waals surface area contributed by atoms with Gasteiger partial charge in [-0.2, -0.15) is 0 Å². The van der Waals surface area contributed by atoms with E-state index in [0.29, 0.717) is 23.4 Å². The lowest BCUT2D eigenvalue weighted by Crippen LogP contribution is -2.35. The van der Waals surface area contributed by atoms with Crippen molar-refractivity contribution in [2.45, 2.75) is 32.8 Å². The third-order valence-electron chi connectivity index (χ3n) is 3.14. The highest BCUT2D eigenvalue weighted by molar-refractivity contribution is 6.29. The van der Waals surface area contributed by atoms with E-state index in [0.717, 1.165) is 19.5 Å². The van der Waals surface area contributed by atoms with Crippen LogP contribution in [0.15, 0.2) is 12.4 Å². The van der Waals surface area contributed by atoms with Gasteiger partial charge in [0.15, 0.2) is 0 Å². The first-order valence-electron chi connectivity index (χ1n) is 7.03. The highest BCUT2D eigenvalue weighted by Crippen LogP contribution is 2.20. The number of aromatic nitrogens is 2. The number of ether oxygens (including phenoxy) is 1. The van der Waals surface area contributed by atoms with Crippen molar-refractivity contribution in [1.82, 2.24) is 14.9 Å². The van der Waals surface area contributed by atoms with Gasteiger partial charge in [0, 0.05) is 25.7 Å². The van der Waals surface area contributed by atoms with Crippen LogP contribution >= 0.6 is 11.6 Å². The number of anilines is 1. The standard InChI is InChI=1S/C14H21ClN4O2/c1-14(2,3)21-13(20)19-5-4-10(8-19)7-16-12-6-11(15)17-9-18-12/h6,9-10H,4-5,7-8H2,1-3H3,(H,16,17,18)/t10-/m1/s1. The van der Waals surface area contributed by atoms with Crippen LogP contribution in [0.3, 0.4) is 0 Å². The number of nitrogens with one attached hydrogen (secondary N) is 1. The van der Waals surface area contributed by atoms with Gasteiger partial charge in [-0.15, -0.1) is 0 Å². The largest absolute Gasteiger partial charge is 0.444 e. The van der Waals surface area contributed by atoms with Crippen LogP contribution in [0.5, 0.6) is 0 Å². The van der Waals surface area contributed by atoms with Crippen LogP contribution in [0.1, 0.15) is 27.2 Å². The second-order valence-electron chi connectivity index (χ2n) is 6.19. The number of carbonyl (C=O) groups excluding carboxylic acids is 1. The molecule has 116 valence electrons. The van der Waals surface area contributed by atoms with Crippen LogP contribution in [-0.4, -0.2) is 46.2 Å². The van der Waals surface area contributed by atoms with Crippen molar-refractivity contribution in [2.24, 2.45) is 5.92 Å². The lowest BCUT2D eigenvalue weighted by Gasteiger charge is -2.24. The van der Waals surface area contributed by atoms with Crippen LogP contribution in [0.25, 0.3) is 0 Å². The van der Waals surface area contributed by atoms with Gasteiger partial charge in [-0.05, 0) is 33.1 Å². The number of rotatable bonds is 3. The van der Waals surface area contributed by atoms with E-state index in [2.05, 4.69) is 15.3 Å². The second-order valence-corrected chi connectivity index (χ2v) is 6.58. The monoisotopic (exact) mass is 312 g/mol. The minimum Gasteiger partial charge on any atom is -0.444 e. The molecule has 1 amide bonds. The number of halogens is 1. The Kier molecular flexibility index (Phi) is 4.88. The Morgan fingerprint density at radius 1 is 1.52 bits per heavy atom. The van der Waals surface area contributed by atoms with Crippen LogP contribution in [0, 0.1) is 5.92 Å². The molecule has 1 fully saturated rings. The molecule has 1 aliphatic rings. The lowest BCUT2D eigenvalue weighted by molar-refractivity contribution is 0.0289. The second kappa shape index (κ2) is 6.47. The molecule has 1 saturated heterocycles. The molecule has 0 bridgehead atoms. The Bertz CT molecular complexity index is 504. The Hall–Kier alpha value is -1.56. The van der Waals surface area contributed by atoms with E-state index in [9.17, 15) is 4.79 Å². The minimum absolute atomic E-state index is 0.241. The van der Waals surface area contributed by atoms with E-state index >= 15 is 0 Å². The number of likely N-dealkylation sites (tertiary alicyclic amines) is 1. The maximum absolute atomic E-state index is 12.0. The zero-order chi connectivity index (χ0) is 15.5. The van der Waals surface area contributed by atoms with Gasteiger partial charge < -0.3 is 15.0 Å². The molecule has 0 unspecified atom stereocenters. The molecule has 1 aliphatic heterocycles. The van der Waals surface area contributed by atoms with E-state index in [1.807, 2.05) is 20.8 Å². The number of amides is 1. The van der Waals surface area contributed by atoms with Gasteiger partial charge in [-0.1, -0.05) is 11.6 Å². The summed E-state index contributed by atoms with van der Waals surface area (Å²) in [5.74, 6) is 1.08. The van der Waals surface area contributed by atoms with Crippen molar-refractivity contribution in [1.29, 1.82) is 0 Å². The third-order valence-corrected chi connectivity index (χ3v) is 3.35. The highest BCUT2D eigenvalue weighted by atomic mass is 35.5. The van der Waals surface area contributed by atoms with Gasteiger partial charge in [0.2, 0.25) is 0 Å². The fourth-order valence-electron chi connectivity index (χ4n) is 2.17. The number of nitrogens with zero attached hydrogens (tertiary/aromatic N) is 3. The van der Waals surface area contributed by atoms with E-state index in [1.165, 1.54) is 6.33 Å². The smallest absolute Gasteiger partial charge is 0.410 e. The Labute approximate surface area is 129 Å². The third kappa shape index (κ3) is 5.04. The van der Waals surface area contributed by atoms with Crippen LogP contribution in [-0.2, 0) is 4.74 Å². The Balaban J connectivity index is 1.79. The van der Waals surface area contributed by atoms with E-state index in [1.54, 1.807) is 11.0 Å². The predicted molar refractivity (Wildman–Crippen MR) is 81.4 cm³/mol. The lowest BCUT2D eigenvalue weighted by atomic mass is 10.1. The highest BCUT2D eigenvalue weighted by Gasteiger charge is 2.29. The summed E-state index contributed by atoms with van der Waals surface area (Å²) in [6, 6.07) is 1.68. The van der Waals surface area contributed by atoms with Crippen molar-refractivity contribution < 1.29 is 9.53 Å². The first-order valence-corrected chi connectivity index (χ1v) is 7.40. The van der Waals surface area contributed by atoms with Crippen molar-refractivity contribution in [3.05, 3.63) is 17.5 Å². The Morgan fingerprint density at radius 2 is 2.29 bits per heavy atom. The predicted octanol–water partition coefficient (Wildman–Crippen LogP) is 2.80. The van der Waals surface area contributed by atoms with Crippen LogP contribution in [0.2, 0.25) is 5.15 Å². The fraction of sp³-hybridized carbons (Fsp3) is 0.643. The van der Waals surface area contributed by atoms with E-state index in [4.69, 9.17) is 16.3 Å². The molecular formula is C14H21ClN4O2. The zero-order valence-electron chi connectivity index (χ0n) is 12.6. The minimum atomic E-state index is -0.453. The summed E-state index contributed by atoms with van der Waals surface area (Å²) in [6.07, 6.45) is 2.13. The molecule has 7 heteroatoms. The molecule has 0 aliphatic carbocycles. The molecule has 2 rings (SSSR count). The van der Waals surface area contributed by atoms with Gasteiger partial charge in [0.1, 0.15) is 22.9 Å². The first-order chi connectivity index (χ1) is 9.83. The molecule has 0 radical (unpaired) electrons. The van der Waals surface area contributed by atoms with Crippen molar-refractivity contribution in [2.75, 3.05) is 25.0 Å². The quantitative estimate of drug-likeness (QED) is 0.869. The van der Waals surface area contributed by atoms with Gasteiger partial charge >= 0.3 is 6.09 Å². The molecule has 0 aromatic carbocycles. The molecule has 21 heavy (non-hydrogen) atoms. The molecule has 1 atom stereocenters. The summed E-state index contributed by atoms with van der Waals surface area (Å²) >= 11 is 5.81. The summed E-state index contributed by atoms with van der Waals surface area (Å²) in [4.78, 5) is 21.7. The van der Waals surface area contributed by atoms with Gasteiger partial charge in [-0.3, -0.25) is 0 Å². The molecule has 1 N–H and O–H groups in total. The maximum atomic E-state index is 12.0. The molecular weight excluding hydrogens is 292 g/mol. The average Bonchev–Trinajstić information content (AvgIpc) is 2.83. The van der Waals surface area contributed by atoms with Crippen LogP contribution < -0.4 is 5.32 Å². The SMILES string of the molecule is CC(C)(C)OC(=O)N1CC[C@H](CNc2cc(Cl)ncn2)C1. The summed E-state index contributed by atoms with van der Waals surface area (Å²) < 4.78 is 5.38. The fourth-order valence-corrected chi connectivity index (χ4v) is 2.32. The normalized spacial score (nSPS) is 18.7. The summed E-state index contributed by atoms with van der Waals surface area (Å²) in [7, 11) is 0. The molecule has 0 spiro atoms.